The van der Waals surface area contributed by atoms with Gasteiger partial charge in [0.05, 0.1) is 19.1 Å². The van der Waals surface area contributed by atoms with Crippen molar-refractivity contribution in [3.63, 3.8) is 0 Å². The minimum atomic E-state index is -3.58. The van der Waals surface area contributed by atoms with Gasteiger partial charge in [-0.25, -0.2) is 8.42 Å². The lowest BCUT2D eigenvalue weighted by molar-refractivity contribution is 0.347. The molecule has 124 valence electrons. The topological polar surface area (TPSA) is 55.8 Å². The van der Waals surface area contributed by atoms with E-state index in [1.807, 2.05) is 6.07 Å². The molecule has 0 saturated carbocycles. The van der Waals surface area contributed by atoms with Crippen LogP contribution in [0.4, 0.5) is 0 Å². The number of hydrogen-bond acceptors (Lipinski definition) is 4. The largest absolute Gasteiger partial charge is 0.493 e. The van der Waals surface area contributed by atoms with Gasteiger partial charge in [0.1, 0.15) is 0 Å². The lowest BCUT2D eigenvalue weighted by atomic mass is 10.2. The zero-order chi connectivity index (χ0) is 17.0. The summed E-state index contributed by atoms with van der Waals surface area (Å²) in [5, 5.41) is 0. The van der Waals surface area contributed by atoms with Crippen LogP contribution in [0.1, 0.15) is 5.56 Å². The molecule has 0 spiro atoms. The van der Waals surface area contributed by atoms with Gasteiger partial charge in [-0.2, -0.15) is 4.31 Å². The number of rotatable bonds is 6. The fraction of sp³-hybridized carbons (Fsp3) is 0.250. The molecule has 0 radical (unpaired) electrons. The second kappa shape index (κ2) is 7.33. The number of benzene rings is 2. The highest BCUT2D eigenvalue weighted by Crippen LogP contribution is 2.32. The van der Waals surface area contributed by atoms with Crippen molar-refractivity contribution in [3.8, 4) is 11.5 Å². The summed E-state index contributed by atoms with van der Waals surface area (Å²) >= 11 is 3.30. The molecule has 0 saturated heterocycles. The molecule has 0 aliphatic heterocycles. The summed E-state index contributed by atoms with van der Waals surface area (Å²) in [6.45, 7) is 0.179. The number of para-hydroxylation sites is 1. The van der Waals surface area contributed by atoms with Crippen molar-refractivity contribution in [2.24, 2.45) is 0 Å². The highest BCUT2D eigenvalue weighted by atomic mass is 79.9. The van der Waals surface area contributed by atoms with Gasteiger partial charge in [-0.05, 0) is 30.3 Å². The van der Waals surface area contributed by atoms with Gasteiger partial charge in [0, 0.05) is 23.6 Å². The van der Waals surface area contributed by atoms with Crippen LogP contribution in [-0.2, 0) is 16.6 Å². The van der Waals surface area contributed by atoms with Crippen LogP contribution in [-0.4, -0.2) is 34.0 Å². The van der Waals surface area contributed by atoms with Crippen LogP contribution in [0, 0.1) is 0 Å². The quantitative estimate of drug-likeness (QED) is 0.747. The molecule has 2 rings (SSSR count). The predicted molar refractivity (Wildman–Crippen MR) is 92.3 cm³/mol. The number of sulfonamides is 1. The molecule has 0 bridgehead atoms. The maximum absolute atomic E-state index is 12.6. The first kappa shape index (κ1) is 17.8. The lowest BCUT2D eigenvalue weighted by Gasteiger charge is -2.19. The maximum Gasteiger partial charge on any atom is 0.243 e. The van der Waals surface area contributed by atoms with Crippen LogP contribution in [0.5, 0.6) is 11.5 Å². The summed E-state index contributed by atoms with van der Waals surface area (Å²) in [4.78, 5) is 0.241. The molecular formula is C16H18BrNO4S. The van der Waals surface area contributed by atoms with Crippen molar-refractivity contribution in [1.82, 2.24) is 4.31 Å². The van der Waals surface area contributed by atoms with E-state index in [0.29, 0.717) is 11.5 Å². The normalized spacial score (nSPS) is 11.5. The van der Waals surface area contributed by atoms with Crippen LogP contribution in [0.2, 0.25) is 0 Å². The van der Waals surface area contributed by atoms with Gasteiger partial charge >= 0.3 is 0 Å². The van der Waals surface area contributed by atoms with E-state index in [1.54, 1.807) is 43.5 Å². The Bertz CT molecular complexity index is 775. The van der Waals surface area contributed by atoms with Crippen LogP contribution >= 0.6 is 15.9 Å². The van der Waals surface area contributed by atoms with Gasteiger partial charge in [-0.3, -0.25) is 0 Å². The van der Waals surface area contributed by atoms with E-state index in [-0.39, 0.29) is 11.4 Å². The first-order valence-electron chi connectivity index (χ1n) is 6.82. The van der Waals surface area contributed by atoms with Crippen molar-refractivity contribution in [3.05, 3.63) is 52.5 Å². The minimum absolute atomic E-state index is 0.179. The van der Waals surface area contributed by atoms with E-state index in [2.05, 4.69) is 15.9 Å². The second-order valence-electron chi connectivity index (χ2n) is 4.87. The predicted octanol–water partition coefficient (Wildman–Crippen LogP) is 3.29. The molecule has 0 aromatic heterocycles. The fourth-order valence-electron chi connectivity index (χ4n) is 2.19. The molecule has 0 aliphatic carbocycles. The molecular weight excluding hydrogens is 382 g/mol. The highest BCUT2D eigenvalue weighted by Gasteiger charge is 2.22. The fourth-order valence-corrected chi connectivity index (χ4v) is 3.60. The lowest BCUT2D eigenvalue weighted by Crippen LogP contribution is -2.26. The van der Waals surface area contributed by atoms with Crippen LogP contribution in [0.3, 0.4) is 0 Å². The van der Waals surface area contributed by atoms with Crippen molar-refractivity contribution in [1.29, 1.82) is 0 Å². The monoisotopic (exact) mass is 399 g/mol. The zero-order valence-corrected chi connectivity index (χ0v) is 15.5. The Balaban J connectivity index is 2.31. The van der Waals surface area contributed by atoms with E-state index in [9.17, 15) is 8.42 Å². The molecule has 0 fully saturated rings. The van der Waals surface area contributed by atoms with E-state index in [1.165, 1.54) is 18.5 Å². The second-order valence-corrected chi connectivity index (χ2v) is 7.83. The van der Waals surface area contributed by atoms with Crippen LogP contribution < -0.4 is 9.47 Å². The number of ether oxygens (including phenoxy) is 2. The third-order valence-corrected chi connectivity index (χ3v) is 5.75. The maximum atomic E-state index is 12.6. The van der Waals surface area contributed by atoms with E-state index in [4.69, 9.17) is 9.47 Å². The summed E-state index contributed by atoms with van der Waals surface area (Å²) in [7, 11) is 1.03. The van der Waals surface area contributed by atoms with Crippen molar-refractivity contribution < 1.29 is 17.9 Å². The number of halogens is 1. The molecule has 7 heteroatoms. The summed E-state index contributed by atoms with van der Waals surface area (Å²) in [5.74, 6) is 1.10. The molecule has 0 atom stereocenters. The summed E-state index contributed by atoms with van der Waals surface area (Å²) in [6, 6.07) is 11.9. The van der Waals surface area contributed by atoms with Gasteiger partial charge in [-0.15, -0.1) is 0 Å². The van der Waals surface area contributed by atoms with Gasteiger partial charge in [-0.1, -0.05) is 28.1 Å². The first-order chi connectivity index (χ1) is 10.9. The molecule has 2 aromatic carbocycles. The van der Waals surface area contributed by atoms with Gasteiger partial charge in [0.25, 0.3) is 0 Å². The molecule has 2 aromatic rings. The first-order valence-corrected chi connectivity index (χ1v) is 9.05. The Labute approximate surface area is 145 Å². The average Bonchev–Trinajstić information content (AvgIpc) is 2.54. The Hall–Kier alpha value is -1.57. The van der Waals surface area contributed by atoms with Crippen LogP contribution in [0.25, 0.3) is 0 Å². The highest BCUT2D eigenvalue weighted by molar-refractivity contribution is 9.10. The van der Waals surface area contributed by atoms with E-state index < -0.39 is 10.0 Å². The Morgan fingerprint density at radius 3 is 2.26 bits per heavy atom. The Kier molecular flexibility index (Phi) is 5.67. The molecule has 0 unspecified atom stereocenters. The SMILES string of the molecule is COc1cccc(CN(C)S(=O)(=O)c2ccc(Br)cc2)c1OC. The molecule has 0 aliphatic rings. The molecule has 0 N–H and O–H groups in total. The van der Waals surface area contributed by atoms with E-state index in [0.717, 1.165) is 10.0 Å². The average molecular weight is 400 g/mol. The summed E-state index contributed by atoms with van der Waals surface area (Å²) in [5.41, 5.74) is 0.732. The Morgan fingerprint density at radius 2 is 1.70 bits per heavy atom. The van der Waals surface area contributed by atoms with Crippen LogP contribution in [0.15, 0.2) is 51.8 Å². The van der Waals surface area contributed by atoms with Crippen molar-refractivity contribution in [2.75, 3.05) is 21.3 Å². The van der Waals surface area contributed by atoms with Crippen molar-refractivity contribution >= 4 is 26.0 Å². The number of nitrogens with zero attached hydrogens (tertiary/aromatic N) is 1. The summed E-state index contributed by atoms with van der Waals surface area (Å²) in [6.07, 6.45) is 0. The van der Waals surface area contributed by atoms with Crippen molar-refractivity contribution in [2.45, 2.75) is 11.4 Å². The smallest absolute Gasteiger partial charge is 0.243 e. The Morgan fingerprint density at radius 1 is 1.04 bits per heavy atom. The zero-order valence-electron chi connectivity index (χ0n) is 13.1. The third kappa shape index (κ3) is 3.85. The van der Waals surface area contributed by atoms with Gasteiger partial charge < -0.3 is 9.47 Å². The molecule has 23 heavy (non-hydrogen) atoms. The standard InChI is InChI=1S/C16H18BrNO4S/c1-18(23(19,20)14-9-7-13(17)8-10-14)11-12-5-4-6-15(21-2)16(12)22-3/h4-10H,11H2,1-3H3. The number of methoxy groups -OCH3 is 2. The van der Waals surface area contributed by atoms with Gasteiger partial charge in [0.2, 0.25) is 10.0 Å². The molecule has 0 amide bonds. The molecule has 5 nitrogen and oxygen atoms in total. The third-order valence-electron chi connectivity index (χ3n) is 3.40. The summed E-state index contributed by atoms with van der Waals surface area (Å²) < 4.78 is 38.0. The van der Waals surface area contributed by atoms with Gasteiger partial charge in [0.15, 0.2) is 11.5 Å². The number of hydrogen-bond donors (Lipinski definition) is 0. The van der Waals surface area contributed by atoms with E-state index >= 15 is 0 Å². The molecule has 0 heterocycles. The minimum Gasteiger partial charge on any atom is -0.493 e.